The third-order valence-electron chi connectivity index (χ3n) is 1.85. The second-order valence-electron chi connectivity index (χ2n) is 2.80. The molecule has 0 amide bonds. The molecule has 0 saturated carbocycles. The summed E-state index contributed by atoms with van der Waals surface area (Å²) < 4.78 is 2.33. The summed E-state index contributed by atoms with van der Waals surface area (Å²) in [6.07, 6.45) is 0. The van der Waals surface area contributed by atoms with E-state index in [0.717, 1.165) is 4.57 Å². The van der Waals surface area contributed by atoms with Crippen molar-refractivity contribution in [2.24, 2.45) is 14.1 Å². The van der Waals surface area contributed by atoms with Crippen LogP contribution in [0, 0.1) is 0 Å². The standard InChI is InChI=1S/C8H13N3O3/c1-4-14-9-6-5-7(12)11(3)8(13)10(6)2/h5,9H,4H2,1-3H3. The van der Waals surface area contributed by atoms with Gasteiger partial charge < -0.3 is 0 Å². The minimum atomic E-state index is -0.389. The quantitative estimate of drug-likeness (QED) is 0.663. The zero-order chi connectivity index (χ0) is 10.7. The highest BCUT2D eigenvalue weighted by molar-refractivity contribution is 5.30. The van der Waals surface area contributed by atoms with Crippen molar-refractivity contribution >= 4 is 5.82 Å². The van der Waals surface area contributed by atoms with Crippen LogP contribution in [0.3, 0.4) is 0 Å². The average Bonchev–Trinajstić information content (AvgIpc) is 2.18. The van der Waals surface area contributed by atoms with Gasteiger partial charge in [-0.15, -0.1) is 0 Å². The summed E-state index contributed by atoms with van der Waals surface area (Å²) in [6, 6.07) is 1.30. The van der Waals surface area contributed by atoms with E-state index in [1.807, 2.05) is 0 Å². The molecule has 1 aromatic heterocycles. The summed E-state index contributed by atoms with van der Waals surface area (Å²) >= 11 is 0. The van der Waals surface area contributed by atoms with Crippen LogP contribution in [0.1, 0.15) is 6.92 Å². The summed E-state index contributed by atoms with van der Waals surface area (Å²) in [5.74, 6) is 0.347. The molecule has 0 atom stereocenters. The Hall–Kier alpha value is -1.56. The van der Waals surface area contributed by atoms with Crippen LogP contribution in [0.25, 0.3) is 0 Å². The number of hydrogen-bond acceptors (Lipinski definition) is 4. The van der Waals surface area contributed by atoms with Crippen molar-refractivity contribution in [3.63, 3.8) is 0 Å². The Morgan fingerprint density at radius 3 is 2.57 bits per heavy atom. The van der Waals surface area contributed by atoms with Gasteiger partial charge in [-0.25, -0.2) is 4.79 Å². The first-order chi connectivity index (χ1) is 6.57. The smallest absolute Gasteiger partial charge is 0.281 e. The molecule has 1 rings (SSSR count). The van der Waals surface area contributed by atoms with Gasteiger partial charge in [0.15, 0.2) is 0 Å². The van der Waals surface area contributed by atoms with E-state index in [2.05, 4.69) is 5.48 Å². The molecule has 0 radical (unpaired) electrons. The van der Waals surface area contributed by atoms with Gasteiger partial charge in [0.25, 0.3) is 5.56 Å². The van der Waals surface area contributed by atoms with Gasteiger partial charge in [-0.1, -0.05) is 0 Å². The molecule has 1 N–H and O–H groups in total. The third-order valence-corrected chi connectivity index (χ3v) is 1.85. The lowest BCUT2D eigenvalue weighted by molar-refractivity contribution is 0.207. The molecule has 0 aliphatic rings. The molecule has 0 aliphatic carbocycles. The average molecular weight is 199 g/mol. The number of hydrogen-bond donors (Lipinski definition) is 1. The molecule has 1 aromatic rings. The number of rotatable bonds is 3. The first-order valence-electron chi connectivity index (χ1n) is 4.22. The normalized spacial score (nSPS) is 10.2. The first kappa shape index (κ1) is 10.5. The maximum atomic E-state index is 11.4. The Kier molecular flexibility index (Phi) is 3.08. The molecular weight excluding hydrogens is 186 g/mol. The summed E-state index contributed by atoms with van der Waals surface area (Å²) in [5, 5.41) is 0. The van der Waals surface area contributed by atoms with Crippen molar-refractivity contribution < 1.29 is 4.84 Å². The van der Waals surface area contributed by atoms with Crippen LogP contribution in [0.5, 0.6) is 0 Å². The Morgan fingerprint density at radius 2 is 2.00 bits per heavy atom. The van der Waals surface area contributed by atoms with E-state index in [9.17, 15) is 9.59 Å². The molecule has 0 bridgehead atoms. The maximum Gasteiger partial charge on any atom is 0.332 e. The fraction of sp³-hybridized carbons (Fsp3) is 0.500. The van der Waals surface area contributed by atoms with Crippen molar-refractivity contribution in [2.75, 3.05) is 12.1 Å². The minimum Gasteiger partial charge on any atom is -0.281 e. The Labute approximate surface area is 80.7 Å². The van der Waals surface area contributed by atoms with E-state index in [-0.39, 0.29) is 11.2 Å². The summed E-state index contributed by atoms with van der Waals surface area (Å²) in [5.41, 5.74) is 1.77. The lowest BCUT2D eigenvalue weighted by atomic mass is 10.5. The van der Waals surface area contributed by atoms with Gasteiger partial charge in [0.05, 0.1) is 6.61 Å². The van der Waals surface area contributed by atoms with Crippen molar-refractivity contribution in [3.05, 3.63) is 26.9 Å². The van der Waals surface area contributed by atoms with Gasteiger partial charge in [0.2, 0.25) is 0 Å². The SMILES string of the molecule is CCONc1cc(=O)n(C)c(=O)n1C. The van der Waals surface area contributed by atoms with Crippen LogP contribution in [-0.4, -0.2) is 15.7 Å². The lowest BCUT2D eigenvalue weighted by Crippen LogP contribution is -2.37. The molecular formula is C8H13N3O3. The highest BCUT2D eigenvalue weighted by Crippen LogP contribution is 1.97. The van der Waals surface area contributed by atoms with Gasteiger partial charge in [-0.05, 0) is 6.92 Å². The van der Waals surface area contributed by atoms with Crippen LogP contribution < -0.4 is 16.7 Å². The number of anilines is 1. The van der Waals surface area contributed by atoms with Crippen LogP contribution in [-0.2, 0) is 18.9 Å². The second-order valence-corrected chi connectivity index (χ2v) is 2.80. The molecule has 0 aromatic carbocycles. The number of aromatic nitrogens is 2. The molecule has 6 heteroatoms. The first-order valence-corrected chi connectivity index (χ1v) is 4.22. The Bertz CT molecular complexity index is 432. The summed E-state index contributed by atoms with van der Waals surface area (Å²) in [4.78, 5) is 27.5. The molecule has 78 valence electrons. The largest absolute Gasteiger partial charge is 0.332 e. The predicted octanol–water partition coefficient (Wildman–Crippen LogP) is -0.553. The van der Waals surface area contributed by atoms with Gasteiger partial charge in [-0.2, -0.15) is 0 Å². The van der Waals surface area contributed by atoms with E-state index in [1.54, 1.807) is 14.0 Å². The molecule has 6 nitrogen and oxygen atoms in total. The Morgan fingerprint density at radius 1 is 1.36 bits per heavy atom. The highest BCUT2D eigenvalue weighted by atomic mass is 16.6. The van der Waals surface area contributed by atoms with Gasteiger partial charge in [0, 0.05) is 20.2 Å². The Balaban J connectivity index is 3.20. The molecule has 0 saturated heterocycles. The van der Waals surface area contributed by atoms with Crippen LogP contribution in [0.15, 0.2) is 15.7 Å². The van der Waals surface area contributed by atoms with Crippen molar-refractivity contribution in [3.8, 4) is 0 Å². The van der Waals surface area contributed by atoms with Gasteiger partial charge in [0.1, 0.15) is 5.82 Å². The number of nitrogens with one attached hydrogen (secondary N) is 1. The topological polar surface area (TPSA) is 65.3 Å². The van der Waals surface area contributed by atoms with E-state index in [4.69, 9.17) is 4.84 Å². The van der Waals surface area contributed by atoms with E-state index in [0.29, 0.717) is 12.4 Å². The maximum absolute atomic E-state index is 11.4. The number of nitrogens with zero attached hydrogens (tertiary/aromatic N) is 2. The fourth-order valence-electron chi connectivity index (χ4n) is 0.977. The summed E-state index contributed by atoms with van der Waals surface area (Å²) in [7, 11) is 2.98. The van der Waals surface area contributed by atoms with E-state index >= 15 is 0 Å². The van der Waals surface area contributed by atoms with Gasteiger partial charge in [-0.3, -0.25) is 24.2 Å². The lowest BCUT2D eigenvalue weighted by Gasteiger charge is -2.10. The molecule has 14 heavy (non-hydrogen) atoms. The van der Waals surface area contributed by atoms with E-state index in [1.165, 1.54) is 17.7 Å². The zero-order valence-electron chi connectivity index (χ0n) is 8.40. The van der Waals surface area contributed by atoms with Crippen LogP contribution >= 0.6 is 0 Å². The zero-order valence-corrected chi connectivity index (χ0v) is 8.40. The third kappa shape index (κ3) is 1.85. The monoisotopic (exact) mass is 199 g/mol. The van der Waals surface area contributed by atoms with Crippen LogP contribution in [0.2, 0.25) is 0 Å². The predicted molar refractivity (Wildman–Crippen MR) is 52.2 cm³/mol. The highest BCUT2D eigenvalue weighted by Gasteiger charge is 2.04. The molecule has 0 aliphatic heterocycles. The van der Waals surface area contributed by atoms with Crippen molar-refractivity contribution in [1.82, 2.24) is 9.13 Å². The van der Waals surface area contributed by atoms with Crippen molar-refractivity contribution in [1.29, 1.82) is 0 Å². The minimum absolute atomic E-state index is 0.347. The second kappa shape index (κ2) is 4.10. The van der Waals surface area contributed by atoms with Gasteiger partial charge >= 0.3 is 5.69 Å². The van der Waals surface area contributed by atoms with Crippen LogP contribution in [0.4, 0.5) is 5.82 Å². The molecule has 0 unspecified atom stereocenters. The van der Waals surface area contributed by atoms with E-state index < -0.39 is 0 Å². The fourth-order valence-corrected chi connectivity index (χ4v) is 0.977. The molecule has 0 fully saturated rings. The summed E-state index contributed by atoms with van der Waals surface area (Å²) in [6.45, 7) is 2.25. The van der Waals surface area contributed by atoms with Crippen molar-refractivity contribution in [2.45, 2.75) is 6.92 Å². The molecule has 1 heterocycles. The molecule has 0 spiro atoms.